The molecule has 0 saturated carbocycles. The third kappa shape index (κ3) is 2.82. The van der Waals surface area contributed by atoms with Gasteiger partial charge in [-0.2, -0.15) is 5.26 Å². The van der Waals surface area contributed by atoms with Crippen molar-refractivity contribution in [3.8, 4) is 6.07 Å². The first-order valence-corrected chi connectivity index (χ1v) is 9.57. The van der Waals surface area contributed by atoms with Gasteiger partial charge in [0.05, 0.1) is 5.92 Å². The van der Waals surface area contributed by atoms with Crippen LogP contribution in [0.25, 0.3) is 0 Å². The van der Waals surface area contributed by atoms with E-state index in [2.05, 4.69) is 11.4 Å². The Bertz CT molecular complexity index is 849. The summed E-state index contributed by atoms with van der Waals surface area (Å²) in [6, 6.07) is 8.01. The highest BCUT2D eigenvalue weighted by atomic mass is 19.1. The number of ketones is 1. The van der Waals surface area contributed by atoms with Crippen molar-refractivity contribution in [1.82, 2.24) is 10.2 Å². The maximum atomic E-state index is 13.5. The lowest BCUT2D eigenvalue weighted by Gasteiger charge is -2.36. The second-order valence-electron chi connectivity index (χ2n) is 7.55. The van der Waals surface area contributed by atoms with Crippen molar-refractivity contribution in [2.24, 2.45) is 0 Å². The van der Waals surface area contributed by atoms with Crippen molar-refractivity contribution in [3.05, 3.63) is 46.9 Å². The van der Waals surface area contributed by atoms with E-state index in [1.807, 2.05) is 0 Å². The fourth-order valence-electron chi connectivity index (χ4n) is 4.59. The highest BCUT2D eigenvalue weighted by Crippen LogP contribution is 2.46. The molecule has 0 bridgehead atoms. The molecule has 1 aromatic carbocycles. The van der Waals surface area contributed by atoms with Gasteiger partial charge < -0.3 is 10.2 Å². The largest absolute Gasteiger partial charge is 0.362 e. The molecule has 1 N–H and O–H groups in total. The Hall–Kier alpha value is -2.68. The van der Waals surface area contributed by atoms with Crippen LogP contribution in [0.4, 0.5) is 4.39 Å². The van der Waals surface area contributed by atoms with Gasteiger partial charge in [0.25, 0.3) is 5.91 Å². The Labute approximate surface area is 157 Å². The molecule has 6 heteroatoms. The minimum atomic E-state index is -1.54. The fraction of sp³-hybridized carbons (Fsp3) is 0.476. The van der Waals surface area contributed by atoms with Crippen molar-refractivity contribution in [2.75, 3.05) is 13.1 Å². The van der Waals surface area contributed by atoms with Gasteiger partial charge in [0.1, 0.15) is 11.9 Å². The predicted molar refractivity (Wildman–Crippen MR) is 96.9 cm³/mol. The van der Waals surface area contributed by atoms with Crippen molar-refractivity contribution in [2.45, 2.75) is 50.0 Å². The Balaban J connectivity index is 1.82. The molecule has 2 unspecified atom stereocenters. The summed E-state index contributed by atoms with van der Waals surface area (Å²) in [5, 5.41) is 13.3. The molecule has 1 saturated heterocycles. The molecule has 1 fully saturated rings. The number of halogens is 1. The number of amides is 1. The zero-order valence-electron chi connectivity index (χ0n) is 15.1. The third-order valence-electron chi connectivity index (χ3n) is 5.89. The van der Waals surface area contributed by atoms with Crippen molar-refractivity contribution in [3.63, 3.8) is 0 Å². The van der Waals surface area contributed by atoms with Crippen molar-refractivity contribution in [1.29, 1.82) is 5.26 Å². The molecular formula is C21H22FN3O2. The summed E-state index contributed by atoms with van der Waals surface area (Å²) in [7, 11) is 0. The van der Waals surface area contributed by atoms with Gasteiger partial charge in [-0.3, -0.25) is 9.59 Å². The smallest absolute Gasteiger partial charge is 0.264 e. The lowest BCUT2D eigenvalue weighted by atomic mass is 9.74. The number of carbonyl (C=O) groups is 2. The molecule has 2 atom stereocenters. The summed E-state index contributed by atoms with van der Waals surface area (Å²) in [5.74, 6) is -1.40. The average Bonchev–Trinajstić information content (AvgIpc) is 3.05. The molecular weight excluding hydrogens is 345 g/mol. The predicted octanol–water partition coefficient (Wildman–Crippen LogP) is 2.79. The maximum absolute atomic E-state index is 13.5. The van der Waals surface area contributed by atoms with Gasteiger partial charge in [0.15, 0.2) is 5.78 Å². The van der Waals surface area contributed by atoms with E-state index in [4.69, 9.17) is 0 Å². The molecule has 2 aliphatic heterocycles. The number of nitrogens with zero attached hydrogens (tertiary/aromatic N) is 2. The normalized spacial score (nSPS) is 27.8. The van der Waals surface area contributed by atoms with Crippen LogP contribution in [0.2, 0.25) is 0 Å². The Morgan fingerprint density at radius 2 is 1.85 bits per heavy atom. The molecule has 1 amide bonds. The summed E-state index contributed by atoms with van der Waals surface area (Å²) < 4.78 is 13.5. The number of nitrogens with one attached hydrogen (secondary N) is 1. The Morgan fingerprint density at radius 1 is 1.15 bits per heavy atom. The molecule has 3 aliphatic rings. The topological polar surface area (TPSA) is 73.2 Å². The van der Waals surface area contributed by atoms with Crippen LogP contribution in [0.15, 0.2) is 35.5 Å². The number of allylic oxidation sites excluding steroid dienone is 1. The molecule has 0 spiro atoms. The lowest BCUT2D eigenvalue weighted by Crippen LogP contribution is -2.58. The zero-order chi connectivity index (χ0) is 19.0. The first kappa shape index (κ1) is 17.7. The quantitative estimate of drug-likeness (QED) is 0.872. The van der Waals surface area contributed by atoms with E-state index >= 15 is 0 Å². The summed E-state index contributed by atoms with van der Waals surface area (Å²) in [5.41, 5.74) is 0.308. The van der Waals surface area contributed by atoms with Crippen LogP contribution in [0.5, 0.6) is 0 Å². The van der Waals surface area contributed by atoms with Gasteiger partial charge in [0, 0.05) is 30.8 Å². The van der Waals surface area contributed by atoms with Gasteiger partial charge in [-0.25, -0.2) is 4.39 Å². The number of piperidine rings is 1. The van der Waals surface area contributed by atoms with Gasteiger partial charge in [0.2, 0.25) is 5.54 Å². The number of hydrogen-bond acceptors (Lipinski definition) is 4. The summed E-state index contributed by atoms with van der Waals surface area (Å²) in [6.07, 6.45) is 4.68. The van der Waals surface area contributed by atoms with E-state index in [1.165, 1.54) is 12.1 Å². The second kappa shape index (κ2) is 6.80. The van der Waals surface area contributed by atoms with Crippen molar-refractivity contribution >= 4 is 11.7 Å². The molecule has 27 heavy (non-hydrogen) atoms. The maximum Gasteiger partial charge on any atom is 0.264 e. The second-order valence-corrected chi connectivity index (χ2v) is 7.55. The van der Waals surface area contributed by atoms with Crippen LogP contribution in [-0.4, -0.2) is 35.2 Å². The molecule has 2 heterocycles. The Morgan fingerprint density at radius 3 is 2.52 bits per heavy atom. The van der Waals surface area contributed by atoms with E-state index in [0.717, 1.165) is 19.3 Å². The Kier molecular flexibility index (Phi) is 4.47. The SMILES string of the molecule is N#CC1(C(=O)N2CCCCC2)NC2=C(C(=O)CCC2)C1c1ccc(F)cc1. The van der Waals surface area contributed by atoms with Crippen LogP contribution in [-0.2, 0) is 9.59 Å². The molecule has 0 aromatic heterocycles. The zero-order valence-corrected chi connectivity index (χ0v) is 15.1. The fourth-order valence-corrected chi connectivity index (χ4v) is 4.59. The average molecular weight is 367 g/mol. The number of likely N-dealkylation sites (tertiary alicyclic amines) is 1. The monoisotopic (exact) mass is 367 g/mol. The lowest BCUT2D eigenvalue weighted by molar-refractivity contribution is -0.137. The number of nitriles is 1. The van der Waals surface area contributed by atoms with Crippen LogP contribution in [0.1, 0.15) is 50.0 Å². The van der Waals surface area contributed by atoms with Gasteiger partial charge in [-0.15, -0.1) is 0 Å². The van der Waals surface area contributed by atoms with Crippen molar-refractivity contribution < 1.29 is 14.0 Å². The summed E-state index contributed by atoms with van der Waals surface area (Å²) in [6.45, 7) is 1.25. The molecule has 5 nitrogen and oxygen atoms in total. The van der Waals surface area contributed by atoms with Gasteiger partial charge >= 0.3 is 0 Å². The molecule has 4 rings (SSSR count). The highest BCUT2D eigenvalue weighted by molar-refractivity contribution is 6.04. The first-order chi connectivity index (χ1) is 13.1. The van der Waals surface area contributed by atoms with Crippen LogP contribution < -0.4 is 5.32 Å². The van der Waals surface area contributed by atoms with Crippen LogP contribution >= 0.6 is 0 Å². The van der Waals surface area contributed by atoms with E-state index < -0.39 is 17.3 Å². The van der Waals surface area contributed by atoms with Crippen LogP contribution in [0.3, 0.4) is 0 Å². The van der Waals surface area contributed by atoms with Crippen LogP contribution in [0, 0.1) is 17.1 Å². The minimum Gasteiger partial charge on any atom is -0.362 e. The van der Waals surface area contributed by atoms with Gasteiger partial charge in [-0.05, 0) is 49.8 Å². The molecule has 0 radical (unpaired) electrons. The number of carbonyl (C=O) groups excluding carboxylic acids is 2. The minimum absolute atomic E-state index is 0.0263. The summed E-state index contributed by atoms with van der Waals surface area (Å²) in [4.78, 5) is 27.9. The van der Waals surface area contributed by atoms with E-state index in [9.17, 15) is 19.2 Å². The highest BCUT2D eigenvalue weighted by Gasteiger charge is 2.57. The van der Waals surface area contributed by atoms with E-state index in [1.54, 1.807) is 17.0 Å². The molecule has 1 aliphatic carbocycles. The standard InChI is InChI=1S/C21H22FN3O2/c22-15-9-7-14(8-10-15)19-18-16(5-4-6-17(18)26)24-21(19,13-23)20(27)25-11-2-1-3-12-25/h7-10,19,24H,1-6,11-12H2. The number of benzene rings is 1. The molecule has 1 aromatic rings. The molecule has 140 valence electrons. The number of hydrogen-bond donors (Lipinski definition) is 1. The summed E-state index contributed by atoms with van der Waals surface area (Å²) >= 11 is 0. The van der Waals surface area contributed by atoms with E-state index in [-0.39, 0.29) is 11.7 Å². The third-order valence-corrected chi connectivity index (χ3v) is 5.89. The van der Waals surface area contributed by atoms with E-state index in [0.29, 0.717) is 49.2 Å². The van der Waals surface area contributed by atoms with Gasteiger partial charge in [-0.1, -0.05) is 12.1 Å². The number of Topliss-reactive ketones (excluding diaryl/α,β-unsaturated/α-hetero) is 1. The number of rotatable bonds is 2. The first-order valence-electron chi connectivity index (χ1n) is 9.57.